The van der Waals surface area contributed by atoms with Crippen LogP contribution >= 0.6 is 0 Å². The Hall–Kier alpha value is -2.51. The van der Waals surface area contributed by atoms with Crippen LogP contribution in [0.1, 0.15) is 28.5 Å². The number of para-hydroxylation sites is 1. The summed E-state index contributed by atoms with van der Waals surface area (Å²) in [6.45, 7) is 9.14. The Bertz CT molecular complexity index is 775. The zero-order valence-electron chi connectivity index (χ0n) is 16.0. The van der Waals surface area contributed by atoms with Crippen LogP contribution in [0, 0.1) is 6.92 Å². The van der Waals surface area contributed by atoms with Gasteiger partial charge in [-0.3, -0.25) is 9.69 Å². The predicted molar refractivity (Wildman–Crippen MR) is 106 cm³/mol. The fourth-order valence-electron chi connectivity index (χ4n) is 3.10. The maximum absolute atomic E-state index is 12.7. The molecule has 2 heterocycles. The van der Waals surface area contributed by atoms with Crippen LogP contribution in [0.3, 0.4) is 0 Å². The molecule has 1 aliphatic heterocycles. The normalized spacial score (nSPS) is 14.7. The van der Waals surface area contributed by atoms with Crippen LogP contribution < -0.4 is 10.6 Å². The average molecular weight is 369 g/mol. The van der Waals surface area contributed by atoms with Crippen LogP contribution in [0.4, 0.5) is 11.6 Å². The average Bonchev–Trinajstić information content (AvgIpc) is 2.70. The van der Waals surface area contributed by atoms with Gasteiger partial charge in [-0.15, -0.1) is 0 Å². The summed E-state index contributed by atoms with van der Waals surface area (Å²) >= 11 is 0. The first-order valence-electron chi connectivity index (χ1n) is 9.44. The van der Waals surface area contributed by atoms with Crippen LogP contribution in [0.5, 0.6) is 0 Å². The van der Waals surface area contributed by atoms with Crippen molar-refractivity contribution in [3.05, 3.63) is 47.3 Å². The van der Waals surface area contributed by atoms with E-state index < -0.39 is 0 Å². The number of aromatic nitrogens is 2. The second kappa shape index (κ2) is 9.43. The summed E-state index contributed by atoms with van der Waals surface area (Å²) in [5.74, 6) is 0.244. The Morgan fingerprint density at radius 2 is 2.07 bits per heavy atom. The van der Waals surface area contributed by atoms with Crippen molar-refractivity contribution in [3.8, 4) is 0 Å². The lowest BCUT2D eigenvalue weighted by molar-refractivity contribution is 0.0398. The Morgan fingerprint density at radius 1 is 1.26 bits per heavy atom. The van der Waals surface area contributed by atoms with Gasteiger partial charge in [0.2, 0.25) is 5.95 Å². The SMILES string of the molecule is CCc1cccc(C)c1NC(=O)c1ccnc(NCCN2CCOCC2)n1. The van der Waals surface area contributed by atoms with Crippen molar-refractivity contribution in [2.45, 2.75) is 20.3 Å². The van der Waals surface area contributed by atoms with Crippen molar-refractivity contribution in [3.63, 3.8) is 0 Å². The summed E-state index contributed by atoms with van der Waals surface area (Å²) in [7, 11) is 0. The summed E-state index contributed by atoms with van der Waals surface area (Å²) < 4.78 is 5.35. The highest BCUT2D eigenvalue weighted by Crippen LogP contribution is 2.21. The molecule has 3 rings (SSSR count). The Morgan fingerprint density at radius 3 is 2.85 bits per heavy atom. The van der Waals surface area contributed by atoms with Gasteiger partial charge in [0.15, 0.2) is 0 Å². The first-order valence-corrected chi connectivity index (χ1v) is 9.44. The van der Waals surface area contributed by atoms with Gasteiger partial charge in [-0.1, -0.05) is 25.1 Å². The van der Waals surface area contributed by atoms with E-state index in [0.717, 1.165) is 62.6 Å². The van der Waals surface area contributed by atoms with E-state index in [1.54, 1.807) is 12.3 Å². The molecular formula is C20H27N5O2. The van der Waals surface area contributed by atoms with Crippen molar-refractivity contribution < 1.29 is 9.53 Å². The van der Waals surface area contributed by atoms with E-state index in [9.17, 15) is 4.79 Å². The van der Waals surface area contributed by atoms with E-state index >= 15 is 0 Å². The van der Waals surface area contributed by atoms with Gasteiger partial charge in [0.1, 0.15) is 5.69 Å². The van der Waals surface area contributed by atoms with E-state index in [-0.39, 0.29) is 5.91 Å². The zero-order chi connectivity index (χ0) is 19.1. The smallest absolute Gasteiger partial charge is 0.274 e. The number of carbonyl (C=O) groups excluding carboxylic acids is 1. The highest BCUT2D eigenvalue weighted by atomic mass is 16.5. The zero-order valence-corrected chi connectivity index (χ0v) is 16.0. The van der Waals surface area contributed by atoms with E-state index in [4.69, 9.17) is 4.74 Å². The molecule has 0 unspecified atom stereocenters. The molecule has 7 nitrogen and oxygen atoms in total. The monoisotopic (exact) mass is 369 g/mol. The third-order valence-corrected chi connectivity index (χ3v) is 4.68. The minimum absolute atomic E-state index is 0.224. The van der Waals surface area contributed by atoms with Crippen LogP contribution in [0.15, 0.2) is 30.5 Å². The molecule has 1 aromatic carbocycles. The molecule has 2 aromatic rings. The van der Waals surface area contributed by atoms with Gasteiger partial charge in [-0.25, -0.2) is 9.97 Å². The van der Waals surface area contributed by atoms with Gasteiger partial charge in [-0.2, -0.15) is 0 Å². The first-order chi connectivity index (χ1) is 13.2. The van der Waals surface area contributed by atoms with Crippen molar-refractivity contribution >= 4 is 17.5 Å². The first kappa shape index (κ1) is 19.3. The number of rotatable bonds is 7. The van der Waals surface area contributed by atoms with E-state index in [1.807, 2.05) is 25.1 Å². The maximum atomic E-state index is 12.7. The molecule has 1 amide bonds. The van der Waals surface area contributed by atoms with Gasteiger partial charge in [-0.05, 0) is 30.5 Å². The maximum Gasteiger partial charge on any atom is 0.274 e. The molecule has 0 spiro atoms. The van der Waals surface area contributed by atoms with Crippen LogP contribution in [0.25, 0.3) is 0 Å². The summed E-state index contributed by atoms with van der Waals surface area (Å²) in [5, 5.41) is 6.20. The number of nitrogens with zero attached hydrogens (tertiary/aromatic N) is 3. The molecule has 0 bridgehead atoms. The minimum atomic E-state index is -0.224. The highest BCUT2D eigenvalue weighted by molar-refractivity contribution is 6.03. The standard InChI is InChI=1S/C20H27N5O2/c1-3-16-6-4-5-15(2)18(16)24-19(26)17-7-8-21-20(23-17)22-9-10-25-11-13-27-14-12-25/h4-8H,3,9-14H2,1-2H3,(H,24,26)(H,21,22,23). The molecule has 1 aliphatic rings. The van der Waals surface area contributed by atoms with E-state index in [0.29, 0.717) is 11.6 Å². The predicted octanol–water partition coefficient (Wildman–Crippen LogP) is 2.34. The number of amides is 1. The number of aryl methyl sites for hydroxylation is 2. The van der Waals surface area contributed by atoms with Gasteiger partial charge < -0.3 is 15.4 Å². The lowest BCUT2D eigenvalue weighted by Gasteiger charge is -2.26. The molecule has 144 valence electrons. The lowest BCUT2D eigenvalue weighted by atomic mass is 10.1. The molecule has 2 N–H and O–H groups in total. The third kappa shape index (κ3) is 5.24. The van der Waals surface area contributed by atoms with Crippen LogP contribution in [-0.4, -0.2) is 60.2 Å². The summed E-state index contributed by atoms with van der Waals surface area (Å²) in [6, 6.07) is 7.66. The number of anilines is 2. The van der Waals surface area contributed by atoms with Crippen LogP contribution in [0.2, 0.25) is 0 Å². The fraction of sp³-hybridized carbons (Fsp3) is 0.450. The third-order valence-electron chi connectivity index (χ3n) is 4.68. The number of carbonyl (C=O) groups is 1. The van der Waals surface area contributed by atoms with E-state index in [2.05, 4.69) is 32.4 Å². The molecule has 0 aliphatic carbocycles. The Labute approximate surface area is 160 Å². The quantitative estimate of drug-likeness (QED) is 0.780. The summed E-state index contributed by atoms with van der Waals surface area (Å²) in [5.41, 5.74) is 3.37. The second-order valence-electron chi connectivity index (χ2n) is 6.56. The topological polar surface area (TPSA) is 79.4 Å². The minimum Gasteiger partial charge on any atom is -0.379 e. The van der Waals surface area contributed by atoms with Gasteiger partial charge in [0.25, 0.3) is 5.91 Å². The van der Waals surface area contributed by atoms with Gasteiger partial charge in [0, 0.05) is 38.1 Å². The largest absolute Gasteiger partial charge is 0.379 e. The van der Waals surface area contributed by atoms with Crippen molar-refractivity contribution in [2.24, 2.45) is 0 Å². The number of nitrogens with one attached hydrogen (secondary N) is 2. The van der Waals surface area contributed by atoms with Gasteiger partial charge in [0.05, 0.1) is 13.2 Å². The number of hydrogen-bond donors (Lipinski definition) is 2. The lowest BCUT2D eigenvalue weighted by Crippen LogP contribution is -2.39. The molecule has 1 aromatic heterocycles. The van der Waals surface area contributed by atoms with Gasteiger partial charge >= 0.3 is 0 Å². The van der Waals surface area contributed by atoms with Crippen molar-refractivity contribution in [1.82, 2.24) is 14.9 Å². The molecule has 7 heteroatoms. The molecule has 27 heavy (non-hydrogen) atoms. The fourth-order valence-corrected chi connectivity index (χ4v) is 3.10. The number of morpholine rings is 1. The van der Waals surface area contributed by atoms with E-state index in [1.165, 1.54) is 0 Å². The van der Waals surface area contributed by atoms with Crippen molar-refractivity contribution in [1.29, 1.82) is 0 Å². The van der Waals surface area contributed by atoms with Crippen LogP contribution in [-0.2, 0) is 11.2 Å². The number of hydrogen-bond acceptors (Lipinski definition) is 6. The molecule has 0 radical (unpaired) electrons. The number of ether oxygens (including phenoxy) is 1. The molecule has 0 atom stereocenters. The number of benzene rings is 1. The summed E-state index contributed by atoms with van der Waals surface area (Å²) in [6.07, 6.45) is 2.47. The molecule has 0 saturated carbocycles. The Kier molecular flexibility index (Phi) is 6.73. The second-order valence-corrected chi connectivity index (χ2v) is 6.56. The Balaban J connectivity index is 1.60. The summed E-state index contributed by atoms with van der Waals surface area (Å²) in [4.78, 5) is 23.6. The molecular weight excluding hydrogens is 342 g/mol. The highest BCUT2D eigenvalue weighted by Gasteiger charge is 2.13. The molecule has 1 saturated heterocycles. The molecule has 1 fully saturated rings. The van der Waals surface area contributed by atoms with Crippen molar-refractivity contribution in [2.75, 3.05) is 50.0 Å².